The van der Waals surface area contributed by atoms with Gasteiger partial charge in [0, 0.05) is 12.6 Å². The maximum absolute atomic E-state index is 12.2. The number of hydrogen-bond donors (Lipinski definition) is 2. The Morgan fingerprint density at radius 2 is 2.00 bits per heavy atom. The number of nitriles is 1. The molecule has 1 rings (SSSR count). The molecule has 6 nitrogen and oxygen atoms in total. The zero-order chi connectivity index (χ0) is 14.5. The molecular formula is C13H21N3O3. The number of rotatable bonds is 7. The summed E-state index contributed by atoms with van der Waals surface area (Å²) in [6, 6.07) is 1.80. The molecule has 6 heteroatoms. The van der Waals surface area contributed by atoms with Gasteiger partial charge >= 0.3 is 12.0 Å². The lowest BCUT2D eigenvalue weighted by Crippen LogP contribution is -2.57. The Morgan fingerprint density at radius 1 is 1.42 bits per heavy atom. The molecule has 0 bridgehead atoms. The minimum atomic E-state index is -1.21. The molecule has 0 aromatic heterocycles. The summed E-state index contributed by atoms with van der Waals surface area (Å²) in [7, 11) is 0. The van der Waals surface area contributed by atoms with Crippen LogP contribution in [0.1, 0.15) is 46.0 Å². The Hall–Kier alpha value is -1.77. The summed E-state index contributed by atoms with van der Waals surface area (Å²) in [6.07, 6.45) is 2.79. The fourth-order valence-electron chi connectivity index (χ4n) is 2.07. The number of aliphatic carboxylic acids is 1. The zero-order valence-electron chi connectivity index (χ0n) is 11.5. The topological polar surface area (TPSA) is 93.4 Å². The van der Waals surface area contributed by atoms with Crippen LogP contribution in [0.2, 0.25) is 0 Å². The Balaban J connectivity index is 2.74. The first-order valence-corrected chi connectivity index (χ1v) is 6.69. The van der Waals surface area contributed by atoms with Crippen LogP contribution >= 0.6 is 0 Å². The van der Waals surface area contributed by atoms with Gasteiger partial charge in [-0.3, -0.25) is 0 Å². The minimum absolute atomic E-state index is 0.161. The van der Waals surface area contributed by atoms with Crippen molar-refractivity contribution in [1.29, 1.82) is 5.26 Å². The normalized spacial score (nSPS) is 14.6. The quantitative estimate of drug-likeness (QED) is 0.734. The first kappa shape index (κ1) is 15.3. The summed E-state index contributed by atoms with van der Waals surface area (Å²) in [5.41, 5.74) is -1.21. The first-order chi connectivity index (χ1) is 9.00. The number of carbonyl (C=O) groups is 2. The lowest BCUT2D eigenvalue weighted by atomic mass is 9.93. The second-order valence-electron chi connectivity index (χ2n) is 4.86. The predicted molar refractivity (Wildman–Crippen MR) is 69.4 cm³/mol. The molecule has 0 aliphatic heterocycles. The highest BCUT2D eigenvalue weighted by Crippen LogP contribution is 2.27. The zero-order valence-corrected chi connectivity index (χ0v) is 11.5. The van der Waals surface area contributed by atoms with Gasteiger partial charge in [0.05, 0.1) is 12.5 Å². The van der Waals surface area contributed by atoms with E-state index in [0.29, 0.717) is 19.4 Å². The Morgan fingerprint density at radius 3 is 2.37 bits per heavy atom. The number of urea groups is 1. The Bertz CT molecular complexity index is 381. The number of nitrogens with zero attached hydrogens (tertiary/aromatic N) is 2. The standard InChI is InChI=1S/C13H21N3O3/c1-3-13(4-2,11(17)18)15-12(19)16(9-5-8-14)10-6-7-10/h10H,3-7,9H2,1-2H3,(H,15,19)(H,17,18). The molecule has 2 N–H and O–H groups in total. The van der Waals surface area contributed by atoms with Crippen molar-refractivity contribution in [2.75, 3.05) is 6.54 Å². The van der Waals surface area contributed by atoms with E-state index in [1.807, 2.05) is 6.07 Å². The van der Waals surface area contributed by atoms with Crippen LogP contribution in [0, 0.1) is 11.3 Å². The van der Waals surface area contributed by atoms with Gasteiger partial charge < -0.3 is 15.3 Å². The van der Waals surface area contributed by atoms with E-state index in [9.17, 15) is 14.7 Å². The fraction of sp³-hybridized carbons (Fsp3) is 0.769. The van der Waals surface area contributed by atoms with Gasteiger partial charge in [-0.05, 0) is 25.7 Å². The van der Waals surface area contributed by atoms with Gasteiger partial charge in [-0.25, -0.2) is 9.59 Å². The molecule has 0 spiro atoms. The first-order valence-electron chi connectivity index (χ1n) is 6.69. The maximum Gasteiger partial charge on any atom is 0.329 e. The third kappa shape index (κ3) is 3.60. The predicted octanol–water partition coefficient (Wildman–Crippen LogP) is 1.72. The highest BCUT2D eigenvalue weighted by atomic mass is 16.4. The number of carbonyl (C=O) groups excluding carboxylic acids is 1. The molecule has 19 heavy (non-hydrogen) atoms. The Kier molecular flexibility index (Phi) is 5.16. The van der Waals surface area contributed by atoms with Gasteiger partial charge in [0.15, 0.2) is 0 Å². The third-order valence-electron chi connectivity index (χ3n) is 3.68. The van der Waals surface area contributed by atoms with Crippen LogP contribution in [0.4, 0.5) is 4.79 Å². The molecule has 1 aliphatic rings. The lowest BCUT2D eigenvalue weighted by molar-refractivity contribution is -0.144. The van der Waals surface area contributed by atoms with Crippen molar-refractivity contribution in [2.24, 2.45) is 0 Å². The average Bonchev–Trinajstić information content (AvgIpc) is 3.20. The van der Waals surface area contributed by atoms with Crippen LogP contribution in [-0.2, 0) is 4.79 Å². The summed E-state index contributed by atoms with van der Waals surface area (Å²) in [5.74, 6) is -1.01. The van der Waals surface area contributed by atoms with Crippen molar-refractivity contribution in [1.82, 2.24) is 10.2 Å². The highest BCUT2D eigenvalue weighted by Gasteiger charge is 2.40. The molecular weight excluding hydrogens is 246 g/mol. The van der Waals surface area contributed by atoms with Crippen molar-refractivity contribution >= 4 is 12.0 Å². The Labute approximate surface area is 113 Å². The maximum atomic E-state index is 12.2. The van der Waals surface area contributed by atoms with E-state index in [2.05, 4.69) is 5.32 Å². The minimum Gasteiger partial charge on any atom is -0.480 e. The molecule has 1 fully saturated rings. The molecule has 0 saturated heterocycles. The van der Waals surface area contributed by atoms with E-state index in [-0.39, 0.29) is 18.5 Å². The summed E-state index contributed by atoms with van der Waals surface area (Å²) in [6.45, 7) is 3.85. The van der Waals surface area contributed by atoms with Gasteiger partial charge in [-0.1, -0.05) is 13.8 Å². The average molecular weight is 267 g/mol. The third-order valence-corrected chi connectivity index (χ3v) is 3.68. The molecule has 106 valence electrons. The van der Waals surface area contributed by atoms with Crippen LogP contribution in [0.25, 0.3) is 0 Å². The SMILES string of the molecule is CCC(CC)(NC(=O)N(CCC#N)C1CC1)C(=O)O. The van der Waals surface area contributed by atoms with Crippen LogP contribution in [0.3, 0.4) is 0 Å². The van der Waals surface area contributed by atoms with Crippen molar-refractivity contribution in [2.45, 2.75) is 57.5 Å². The largest absolute Gasteiger partial charge is 0.480 e. The summed E-state index contributed by atoms with van der Waals surface area (Å²) in [4.78, 5) is 25.2. The number of nitrogens with one attached hydrogen (secondary N) is 1. The summed E-state index contributed by atoms with van der Waals surface area (Å²) >= 11 is 0. The van der Waals surface area contributed by atoms with Crippen LogP contribution < -0.4 is 5.32 Å². The fourth-order valence-corrected chi connectivity index (χ4v) is 2.07. The van der Waals surface area contributed by atoms with E-state index in [4.69, 9.17) is 5.26 Å². The van der Waals surface area contributed by atoms with Crippen molar-refractivity contribution in [3.05, 3.63) is 0 Å². The van der Waals surface area contributed by atoms with E-state index < -0.39 is 11.5 Å². The lowest BCUT2D eigenvalue weighted by Gasteiger charge is -2.32. The molecule has 0 aromatic rings. The number of carboxylic acid groups (broad SMARTS) is 1. The van der Waals surface area contributed by atoms with Crippen LogP contribution in [0.15, 0.2) is 0 Å². The number of amides is 2. The van der Waals surface area contributed by atoms with Gasteiger partial charge in [-0.2, -0.15) is 5.26 Å². The molecule has 0 radical (unpaired) electrons. The molecule has 1 aliphatic carbocycles. The van der Waals surface area contributed by atoms with Gasteiger partial charge in [0.2, 0.25) is 0 Å². The van der Waals surface area contributed by atoms with E-state index in [0.717, 1.165) is 12.8 Å². The number of hydrogen-bond acceptors (Lipinski definition) is 3. The van der Waals surface area contributed by atoms with Crippen molar-refractivity contribution in [3.63, 3.8) is 0 Å². The smallest absolute Gasteiger partial charge is 0.329 e. The van der Waals surface area contributed by atoms with E-state index in [1.54, 1.807) is 18.7 Å². The van der Waals surface area contributed by atoms with Crippen LogP contribution in [0.5, 0.6) is 0 Å². The summed E-state index contributed by atoms with van der Waals surface area (Å²) < 4.78 is 0. The molecule has 0 unspecified atom stereocenters. The van der Waals surface area contributed by atoms with Crippen molar-refractivity contribution in [3.8, 4) is 6.07 Å². The summed E-state index contributed by atoms with van der Waals surface area (Å²) in [5, 5.41) is 20.5. The monoisotopic (exact) mass is 267 g/mol. The van der Waals surface area contributed by atoms with Crippen molar-refractivity contribution < 1.29 is 14.7 Å². The van der Waals surface area contributed by atoms with Gasteiger partial charge in [0.25, 0.3) is 0 Å². The second kappa shape index (κ2) is 6.41. The van der Waals surface area contributed by atoms with Crippen LogP contribution in [-0.4, -0.2) is 40.1 Å². The van der Waals surface area contributed by atoms with Gasteiger partial charge in [-0.15, -0.1) is 0 Å². The second-order valence-corrected chi connectivity index (χ2v) is 4.86. The molecule has 0 atom stereocenters. The van der Waals surface area contributed by atoms with E-state index >= 15 is 0 Å². The van der Waals surface area contributed by atoms with E-state index in [1.165, 1.54) is 0 Å². The van der Waals surface area contributed by atoms with Gasteiger partial charge in [0.1, 0.15) is 5.54 Å². The molecule has 2 amide bonds. The number of carboxylic acids is 1. The molecule has 1 saturated carbocycles. The molecule has 0 heterocycles. The highest BCUT2D eigenvalue weighted by molar-refractivity contribution is 5.86. The molecule has 0 aromatic carbocycles.